The van der Waals surface area contributed by atoms with Gasteiger partial charge in [-0.25, -0.2) is 4.79 Å². The van der Waals surface area contributed by atoms with Crippen LogP contribution in [0.15, 0.2) is 30.6 Å². The lowest BCUT2D eigenvalue weighted by Crippen LogP contribution is -2.39. The maximum absolute atomic E-state index is 12.0. The van der Waals surface area contributed by atoms with Gasteiger partial charge in [0, 0.05) is 38.3 Å². The lowest BCUT2D eigenvalue weighted by molar-refractivity contribution is 0.114. The van der Waals surface area contributed by atoms with E-state index in [1.54, 1.807) is 25.3 Å². The van der Waals surface area contributed by atoms with E-state index < -0.39 is 6.03 Å². The molecular weight excluding hydrogens is 422 g/mol. The number of methoxy groups -OCH3 is 1. The fourth-order valence-corrected chi connectivity index (χ4v) is 2.79. The number of aromatic nitrogens is 1. The molecule has 6 nitrogen and oxygen atoms in total. The molecule has 0 aliphatic rings. The summed E-state index contributed by atoms with van der Waals surface area (Å²) in [4.78, 5) is 15.9. The second-order valence-electron chi connectivity index (χ2n) is 5.18. The first kappa shape index (κ1) is 20.9. The Labute approximate surface area is 171 Å². The van der Waals surface area contributed by atoms with Crippen molar-refractivity contribution in [1.29, 1.82) is 0 Å². The van der Waals surface area contributed by atoms with Gasteiger partial charge in [-0.05, 0) is 18.2 Å². The number of urea groups is 1. The summed E-state index contributed by atoms with van der Waals surface area (Å²) in [5.74, 6) is 0. The maximum atomic E-state index is 12.0. The number of amides is 2. The van der Waals surface area contributed by atoms with Crippen LogP contribution in [0.3, 0.4) is 0 Å². The number of hydrogen-bond acceptors (Lipinski definition) is 4. The van der Waals surface area contributed by atoms with Crippen molar-refractivity contribution in [2.45, 2.75) is 6.10 Å². The van der Waals surface area contributed by atoms with E-state index in [1.165, 1.54) is 12.4 Å². The molecule has 0 radical (unpaired) electrons. The number of hydrogen-bond donors (Lipinski definition) is 3. The lowest BCUT2D eigenvalue weighted by atomic mass is 10.3. The Morgan fingerprint density at radius 3 is 2.38 bits per heavy atom. The molecule has 3 N–H and O–H groups in total. The molecule has 140 valence electrons. The molecule has 0 saturated heterocycles. The Hall–Kier alpha value is -1.44. The number of rotatable bonds is 7. The van der Waals surface area contributed by atoms with Gasteiger partial charge in [-0.2, -0.15) is 0 Å². The van der Waals surface area contributed by atoms with Gasteiger partial charge in [0.1, 0.15) is 0 Å². The van der Waals surface area contributed by atoms with Gasteiger partial charge in [-0.1, -0.05) is 46.4 Å². The van der Waals surface area contributed by atoms with Crippen molar-refractivity contribution in [3.05, 3.63) is 50.7 Å². The van der Waals surface area contributed by atoms with Crippen LogP contribution >= 0.6 is 46.4 Å². The second-order valence-corrected chi connectivity index (χ2v) is 6.81. The first-order valence-corrected chi connectivity index (χ1v) is 8.97. The highest BCUT2D eigenvalue weighted by Crippen LogP contribution is 2.28. The number of halogens is 4. The Balaban J connectivity index is 1.84. The average molecular weight is 438 g/mol. The van der Waals surface area contributed by atoms with E-state index in [9.17, 15) is 4.79 Å². The van der Waals surface area contributed by atoms with Crippen LogP contribution in [-0.4, -0.2) is 37.3 Å². The molecule has 2 aromatic rings. The Bertz CT molecular complexity index is 756. The monoisotopic (exact) mass is 436 g/mol. The highest BCUT2D eigenvalue weighted by molar-refractivity contribution is 6.42. The highest BCUT2D eigenvalue weighted by atomic mass is 35.5. The van der Waals surface area contributed by atoms with Crippen LogP contribution in [0.1, 0.15) is 0 Å². The predicted octanol–water partition coefficient (Wildman–Crippen LogP) is 4.94. The van der Waals surface area contributed by atoms with Crippen molar-refractivity contribution in [3.8, 4) is 0 Å². The number of ether oxygens (including phenoxy) is 1. The predicted molar refractivity (Wildman–Crippen MR) is 107 cm³/mol. The van der Waals surface area contributed by atoms with Crippen molar-refractivity contribution in [1.82, 2.24) is 10.3 Å². The van der Waals surface area contributed by atoms with E-state index in [-0.39, 0.29) is 12.6 Å². The van der Waals surface area contributed by atoms with Crippen LogP contribution < -0.4 is 16.0 Å². The van der Waals surface area contributed by atoms with Crippen LogP contribution in [0.4, 0.5) is 16.2 Å². The molecule has 0 aliphatic heterocycles. The number of nitrogens with one attached hydrogen (secondary N) is 3. The van der Waals surface area contributed by atoms with Gasteiger partial charge in [0.2, 0.25) is 0 Å². The minimum absolute atomic E-state index is 0.261. The molecule has 10 heteroatoms. The molecule has 0 aliphatic carbocycles. The number of carbonyl (C=O) groups is 1. The molecule has 1 atom stereocenters. The molecule has 0 bridgehead atoms. The number of carbonyl (C=O) groups excluding carboxylic acids is 1. The summed E-state index contributed by atoms with van der Waals surface area (Å²) in [5, 5.41) is 10.0. The normalized spacial score (nSPS) is 11.7. The fourth-order valence-electron chi connectivity index (χ4n) is 1.99. The summed E-state index contributed by atoms with van der Waals surface area (Å²) in [7, 11) is 1.54. The number of nitrogens with zero attached hydrogens (tertiary/aromatic N) is 1. The van der Waals surface area contributed by atoms with E-state index in [0.29, 0.717) is 38.0 Å². The largest absolute Gasteiger partial charge is 0.380 e. The van der Waals surface area contributed by atoms with E-state index >= 15 is 0 Å². The van der Waals surface area contributed by atoms with Gasteiger partial charge < -0.3 is 20.7 Å². The topological polar surface area (TPSA) is 75.3 Å². The summed E-state index contributed by atoms with van der Waals surface area (Å²) in [6, 6.07) is 4.41. The zero-order valence-corrected chi connectivity index (χ0v) is 16.7. The molecule has 26 heavy (non-hydrogen) atoms. The molecule has 2 amide bonds. The zero-order chi connectivity index (χ0) is 19.1. The molecule has 2 rings (SSSR count). The maximum Gasteiger partial charge on any atom is 0.319 e. The Morgan fingerprint density at radius 2 is 1.77 bits per heavy atom. The third-order valence-corrected chi connectivity index (χ3v) is 4.67. The summed E-state index contributed by atoms with van der Waals surface area (Å²) >= 11 is 23.8. The number of benzene rings is 1. The zero-order valence-electron chi connectivity index (χ0n) is 13.7. The van der Waals surface area contributed by atoms with Crippen LogP contribution in [0.2, 0.25) is 20.1 Å². The van der Waals surface area contributed by atoms with Gasteiger partial charge in [-0.3, -0.25) is 4.98 Å². The quantitative estimate of drug-likeness (QED) is 0.573. The van der Waals surface area contributed by atoms with Crippen LogP contribution in [0.5, 0.6) is 0 Å². The van der Waals surface area contributed by atoms with Gasteiger partial charge in [-0.15, -0.1) is 0 Å². The summed E-state index contributed by atoms with van der Waals surface area (Å²) in [6.45, 7) is 0.643. The molecule has 0 saturated carbocycles. The molecule has 1 heterocycles. The molecular formula is C16H16Cl4N4O2. The standard InChI is InChI=1S/C16H16Cl4N4O2/c1-26-10(5-22-15-13(19)7-21-8-14(15)20)6-23-16(25)24-9-2-3-11(17)12(18)4-9/h2-4,7-8,10H,5-6H2,1H3,(H,21,22)(H2,23,24,25). The summed E-state index contributed by atoms with van der Waals surface area (Å²) in [6.07, 6.45) is 2.66. The minimum Gasteiger partial charge on any atom is -0.380 e. The second kappa shape index (κ2) is 10.0. The van der Waals surface area contributed by atoms with E-state index in [0.717, 1.165) is 0 Å². The van der Waals surface area contributed by atoms with Crippen molar-refractivity contribution < 1.29 is 9.53 Å². The lowest BCUT2D eigenvalue weighted by Gasteiger charge is -2.18. The highest BCUT2D eigenvalue weighted by Gasteiger charge is 2.12. The van der Waals surface area contributed by atoms with Gasteiger partial charge in [0.05, 0.1) is 31.9 Å². The Morgan fingerprint density at radius 1 is 1.08 bits per heavy atom. The first-order chi connectivity index (χ1) is 12.4. The minimum atomic E-state index is -0.398. The van der Waals surface area contributed by atoms with Gasteiger partial charge >= 0.3 is 6.03 Å². The number of pyridine rings is 1. The van der Waals surface area contributed by atoms with Crippen LogP contribution in [0, 0.1) is 0 Å². The first-order valence-electron chi connectivity index (χ1n) is 7.46. The third-order valence-electron chi connectivity index (χ3n) is 3.36. The van der Waals surface area contributed by atoms with E-state index in [4.69, 9.17) is 51.1 Å². The molecule has 1 aromatic heterocycles. The van der Waals surface area contributed by atoms with Crippen molar-refractivity contribution in [2.75, 3.05) is 30.8 Å². The average Bonchev–Trinajstić information content (AvgIpc) is 2.60. The van der Waals surface area contributed by atoms with Crippen molar-refractivity contribution in [2.24, 2.45) is 0 Å². The van der Waals surface area contributed by atoms with Crippen LogP contribution in [0.25, 0.3) is 0 Å². The Kier molecular flexibility index (Phi) is 8.06. The van der Waals surface area contributed by atoms with Crippen molar-refractivity contribution in [3.63, 3.8) is 0 Å². The number of anilines is 2. The van der Waals surface area contributed by atoms with Gasteiger partial charge in [0.15, 0.2) is 0 Å². The third kappa shape index (κ3) is 6.07. The molecule has 1 aromatic carbocycles. The van der Waals surface area contributed by atoms with E-state index in [1.807, 2.05) is 0 Å². The molecule has 0 spiro atoms. The SMILES string of the molecule is COC(CNC(=O)Nc1ccc(Cl)c(Cl)c1)CNc1c(Cl)cncc1Cl. The summed E-state index contributed by atoms with van der Waals surface area (Å²) < 4.78 is 5.34. The smallest absolute Gasteiger partial charge is 0.319 e. The molecule has 0 fully saturated rings. The van der Waals surface area contributed by atoms with E-state index in [2.05, 4.69) is 20.9 Å². The van der Waals surface area contributed by atoms with Crippen LogP contribution in [-0.2, 0) is 4.74 Å². The van der Waals surface area contributed by atoms with Crippen molar-refractivity contribution >= 4 is 63.8 Å². The fraction of sp³-hybridized carbons (Fsp3) is 0.250. The van der Waals surface area contributed by atoms with Gasteiger partial charge in [0.25, 0.3) is 0 Å². The summed E-state index contributed by atoms with van der Waals surface area (Å²) in [5.41, 5.74) is 1.09. The molecule has 1 unspecified atom stereocenters.